The molecule has 0 aliphatic carbocycles. The topological polar surface area (TPSA) is 157 Å². The van der Waals surface area contributed by atoms with Crippen LogP contribution in [0.4, 0.5) is 11.4 Å². The normalized spacial score (nSPS) is 18.2. The molecule has 1 N–H and O–H groups in total. The average molecular weight is 427 g/mol. The number of hydrogen-bond acceptors (Lipinski definition) is 9. The van der Waals surface area contributed by atoms with E-state index < -0.39 is 28.0 Å². The van der Waals surface area contributed by atoms with Crippen molar-refractivity contribution >= 4 is 17.3 Å². The molecule has 1 heterocycles. The minimum absolute atomic E-state index is 0.106. The van der Waals surface area contributed by atoms with E-state index >= 15 is 0 Å². The Bertz CT molecular complexity index is 1070. The highest BCUT2D eigenvalue weighted by Gasteiger charge is 2.40. The summed E-state index contributed by atoms with van der Waals surface area (Å²) < 4.78 is 4.86. The lowest BCUT2D eigenvalue weighted by atomic mass is 9.92. The van der Waals surface area contributed by atoms with Gasteiger partial charge < -0.3 is 10.1 Å². The van der Waals surface area contributed by atoms with Crippen LogP contribution in [0.2, 0.25) is 0 Å². The van der Waals surface area contributed by atoms with Gasteiger partial charge in [-0.25, -0.2) is 9.80 Å². The standard InChI is InChI=1S/C19H17N5O7/c1-11-16(19(25)31-2)17(12-3-7-14(8-4-12)23(27)28)22(21-26)18(20-11)13-5-9-15(10-6-13)24(29)30/h3-10,17-18,20H,1-2H3/t17-,18+/m0/s1. The number of nitrogens with zero attached hydrogens (tertiary/aromatic N) is 4. The van der Waals surface area contributed by atoms with E-state index in [1.165, 1.54) is 55.6 Å². The smallest absolute Gasteiger partial charge is 0.338 e. The second kappa shape index (κ2) is 8.57. The number of rotatable bonds is 6. The van der Waals surface area contributed by atoms with Crippen molar-refractivity contribution in [2.45, 2.75) is 19.1 Å². The molecule has 3 rings (SSSR count). The van der Waals surface area contributed by atoms with Gasteiger partial charge in [-0.2, -0.15) is 0 Å². The molecular weight excluding hydrogens is 410 g/mol. The predicted octanol–water partition coefficient (Wildman–Crippen LogP) is 3.28. The van der Waals surface area contributed by atoms with E-state index in [4.69, 9.17) is 4.74 Å². The number of hydrogen-bond donors (Lipinski definition) is 1. The predicted molar refractivity (Wildman–Crippen MR) is 107 cm³/mol. The lowest BCUT2D eigenvalue weighted by molar-refractivity contribution is -0.385. The van der Waals surface area contributed by atoms with Gasteiger partial charge in [0.25, 0.3) is 11.4 Å². The van der Waals surface area contributed by atoms with Gasteiger partial charge in [-0.1, -0.05) is 0 Å². The summed E-state index contributed by atoms with van der Waals surface area (Å²) >= 11 is 0. The number of nitro groups is 2. The SMILES string of the molecule is COC(=O)C1=C(C)N[C@@H](c2ccc([N+](=O)[O-])cc2)N(N=O)[C@H]1c1ccc([N+](=O)[O-])cc1. The molecule has 2 aromatic rings. The third-order valence-corrected chi connectivity index (χ3v) is 4.90. The highest BCUT2D eigenvalue weighted by Crippen LogP contribution is 2.41. The van der Waals surface area contributed by atoms with E-state index in [-0.39, 0.29) is 16.9 Å². The zero-order chi connectivity index (χ0) is 22.7. The molecule has 2 atom stereocenters. The second-order valence-corrected chi connectivity index (χ2v) is 6.64. The Morgan fingerprint density at radius 2 is 1.48 bits per heavy atom. The Balaban J connectivity index is 2.12. The fraction of sp³-hybridized carbons (Fsp3) is 0.211. The first-order valence-corrected chi connectivity index (χ1v) is 8.94. The summed E-state index contributed by atoms with van der Waals surface area (Å²) in [5, 5.41) is 29.1. The number of benzene rings is 2. The summed E-state index contributed by atoms with van der Waals surface area (Å²) in [4.78, 5) is 45.2. The van der Waals surface area contributed by atoms with Gasteiger partial charge >= 0.3 is 5.97 Å². The highest BCUT2D eigenvalue weighted by molar-refractivity contribution is 5.91. The maximum Gasteiger partial charge on any atom is 0.338 e. The molecule has 2 aromatic carbocycles. The van der Waals surface area contributed by atoms with Crippen molar-refractivity contribution in [2.24, 2.45) is 5.29 Å². The highest BCUT2D eigenvalue weighted by atomic mass is 16.6. The average Bonchev–Trinajstić information content (AvgIpc) is 2.77. The number of nitroso groups, excluding NO2 is 1. The van der Waals surface area contributed by atoms with Crippen LogP contribution in [-0.2, 0) is 9.53 Å². The Morgan fingerprint density at radius 3 is 1.90 bits per heavy atom. The van der Waals surface area contributed by atoms with Crippen LogP contribution >= 0.6 is 0 Å². The first-order valence-electron chi connectivity index (χ1n) is 8.94. The third kappa shape index (κ3) is 4.03. The van der Waals surface area contributed by atoms with Gasteiger partial charge in [0, 0.05) is 30.0 Å². The van der Waals surface area contributed by atoms with E-state index in [1.54, 1.807) is 6.92 Å². The van der Waals surface area contributed by atoms with Gasteiger partial charge in [-0.3, -0.25) is 20.2 Å². The van der Waals surface area contributed by atoms with Crippen molar-refractivity contribution < 1.29 is 19.4 Å². The van der Waals surface area contributed by atoms with Gasteiger partial charge in [-0.05, 0) is 42.3 Å². The number of carbonyl (C=O) groups is 1. The summed E-state index contributed by atoms with van der Waals surface area (Å²) in [7, 11) is 1.19. The van der Waals surface area contributed by atoms with Crippen molar-refractivity contribution in [1.29, 1.82) is 0 Å². The van der Waals surface area contributed by atoms with E-state index in [9.17, 15) is 29.9 Å². The van der Waals surface area contributed by atoms with E-state index in [0.717, 1.165) is 5.01 Å². The molecule has 12 nitrogen and oxygen atoms in total. The zero-order valence-corrected chi connectivity index (χ0v) is 16.4. The number of ether oxygens (including phenoxy) is 1. The molecule has 0 unspecified atom stereocenters. The van der Waals surface area contributed by atoms with Crippen LogP contribution in [-0.4, -0.2) is 27.9 Å². The molecule has 0 spiro atoms. The van der Waals surface area contributed by atoms with Gasteiger partial charge in [0.2, 0.25) is 0 Å². The first kappa shape index (κ1) is 21.4. The molecule has 1 aliphatic heterocycles. The summed E-state index contributed by atoms with van der Waals surface area (Å²) in [5.41, 5.74) is 1.11. The van der Waals surface area contributed by atoms with Crippen molar-refractivity contribution in [1.82, 2.24) is 10.3 Å². The fourth-order valence-electron chi connectivity index (χ4n) is 3.42. The lowest BCUT2D eigenvalue weighted by Crippen LogP contribution is -2.44. The van der Waals surface area contributed by atoms with Gasteiger partial charge in [0.05, 0.1) is 27.8 Å². The fourth-order valence-corrected chi connectivity index (χ4v) is 3.42. The molecule has 0 bridgehead atoms. The van der Waals surface area contributed by atoms with Crippen LogP contribution in [0.15, 0.2) is 65.1 Å². The van der Waals surface area contributed by atoms with Crippen molar-refractivity contribution in [3.8, 4) is 0 Å². The number of non-ortho nitro benzene ring substituents is 2. The van der Waals surface area contributed by atoms with Crippen LogP contribution in [0, 0.1) is 25.1 Å². The number of methoxy groups -OCH3 is 1. The Kier molecular flexibility index (Phi) is 5.90. The van der Waals surface area contributed by atoms with E-state index in [0.29, 0.717) is 16.8 Å². The molecule has 0 amide bonds. The maximum atomic E-state index is 12.5. The molecule has 0 radical (unpaired) electrons. The van der Waals surface area contributed by atoms with Crippen molar-refractivity contribution in [2.75, 3.05) is 7.11 Å². The molecule has 1 aliphatic rings. The number of nitrogens with one attached hydrogen (secondary N) is 1. The van der Waals surface area contributed by atoms with Crippen molar-refractivity contribution in [3.05, 3.63) is 96.1 Å². The zero-order valence-electron chi connectivity index (χ0n) is 16.4. The van der Waals surface area contributed by atoms with E-state index in [2.05, 4.69) is 10.6 Å². The quantitative estimate of drug-likeness (QED) is 0.316. The first-order chi connectivity index (χ1) is 14.8. The molecule has 0 aromatic heterocycles. The Labute approximate surface area is 175 Å². The third-order valence-electron chi connectivity index (χ3n) is 4.90. The minimum Gasteiger partial charge on any atom is -0.466 e. The van der Waals surface area contributed by atoms with Gasteiger partial charge in [0.1, 0.15) is 12.2 Å². The monoisotopic (exact) mass is 427 g/mol. The number of carbonyl (C=O) groups excluding carboxylic acids is 1. The molecule has 31 heavy (non-hydrogen) atoms. The van der Waals surface area contributed by atoms with Gasteiger partial charge in [0.15, 0.2) is 0 Å². The Morgan fingerprint density at radius 1 is 1.00 bits per heavy atom. The van der Waals surface area contributed by atoms with Crippen LogP contribution in [0.5, 0.6) is 0 Å². The Hall–Kier alpha value is -4.35. The largest absolute Gasteiger partial charge is 0.466 e. The summed E-state index contributed by atoms with van der Waals surface area (Å²) in [5.74, 6) is -0.704. The lowest BCUT2D eigenvalue weighted by Gasteiger charge is -2.40. The van der Waals surface area contributed by atoms with Crippen LogP contribution in [0.25, 0.3) is 0 Å². The van der Waals surface area contributed by atoms with Gasteiger partial charge in [-0.15, -0.1) is 4.91 Å². The van der Waals surface area contributed by atoms with Crippen LogP contribution in [0.3, 0.4) is 0 Å². The number of nitro benzene ring substituents is 2. The van der Waals surface area contributed by atoms with Crippen molar-refractivity contribution in [3.63, 3.8) is 0 Å². The van der Waals surface area contributed by atoms with Crippen LogP contribution < -0.4 is 5.32 Å². The van der Waals surface area contributed by atoms with E-state index in [1.807, 2.05) is 0 Å². The molecule has 12 heteroatoms. The summed E-state index contributed by atoms with van der Waals surface area (Å²) in [6.45, 7) is 1.62. The molecule has 0 saturated heterocycles. The number of esters is 1. The molecule has 0 fully saturated rings. The minimum atomic E-state index is -1.01. The second-order valence-electron chi connectivity index (χ2n) is 6.64. The molecular formula is C19H17N5O7. The number of allylic oxidation sites excluding steroid dienone is 1. The van der Waals surface area contributed by atoms with Crippen LogP contribution in [0.1, 0.15) is 30.3 Å². The summed E-state index contributed by atoms with van der Waals surface area (Å²) in [6.07, 6.45) is -0.855. The molecule has 160 valence electrons. The molecule has 0 saturated carbocycles. The maximum absolute atomic E-state index is 12.5. The summed E-state index contributed by atoms with van der Waals surface area (Å²) in [6, 6.07) is 9.87.